The molecule has 0 fully saturated rings. The Labute approximate surface area is 198 Å². The zero-order valence-corrected chi connectivity index (χ0v) is 19.0. The Kier molecular flexibility index (Phi) is 5.77. The molecule has 0 aliphatic rings. The van der Waals surface area contributed by atoms with Crippen LogP contribution in [0.4, 0.5) is 9.52 Å². The summed E-state index contributed by atoms with van der Waals surface area (Å²) in [5, 5.41) is 5.79. The zero-order valence-electron chi connectivity index (χ0n) is 18.2. The van der Waals surface area contributed by atoms with Crippen LogP contribution >= 0.6 is 11.3 Å². The first-order chi connectivity index (χ1) is 16.5. The van der Waals surface area contributed by atoms with Crippen molar-refractivity contribution in [2.24, 2.45) is 0 Å². The predicted molar refractivity (Wildman–Crippen MR) is 132 cm³/mol. The van der Waals surface area contributed by atoms with Gasteiger partial charge in [-0.3, -0.25) is 14.9 Å². The molecule has 0 spiro atoms. The third kappa shape index (κ3) is 4.13. The van der Waals surface area contributed by atoms with E-state index in [9.17, 15) is 14.0 Å². The minimum Gasteiger partial charge on any atom is -0.455 e. The minimum absolute atomic E-state index is 0.0631. The smallest absolute Gasteiger partial charge is 0.257 e. The Morgan fingerprint density at radius 2 is 1.76 bits per heavy atom. The number of ketones is 1. The Bertz CT molecular complexity index is 1510. The summed E-state index contributed by atoms with van der Waals surface area (Å²) in [7, 11) is 0. The van der Waals surface area contributed by atoms with Crippen LogP contribution in [0.15, 0.2) is 82.7 Å². The first-order valence-corrected chi connectivity index (χ1v) is 11.6. The number of nitrogens with one attached hydrogen (secondary N) is 1. The number of fused-ring (bicyclic) bond motifs is 1. The highest BCUT2D eigenvalue weighted by Crippen LogP contribution is 2.37. The van der Waals surface area contributed by atoms with Crippen LogP contribution < -0.4 is 5.32 Å². The molecule has 1 amide bonds. The molecule has 0 radical (unpaired) electrons. The molecule has 2 aromatic heterocycles. The molecule has 0 unspecified atom stereocenters. The number of hydrogen-bond acceptors (Lipinski definition) is 5. The summed E-state index contributed by atoms with van der Waals surface area (Å²) in [6.07, 6.45) is 1.94. The van der Waals surface area contributed by atoms with Gasteiger partial charge in [-0.15, -0.1) is 11.3 Å². The number of hydrogen-bond donors (Lipinski definition) is 1. The molecule has 0 saturated carbocycles. The lowest BCUT2D eigenvalue weighted by atomic mass is 9.97. The van der Waals surface area contributed by atoms with Crippen molar-refractivity contribution in [3.63, 3.8) is 0 Å². The highest BCUT2D eigenvalue weighted by molar-refractivity contribution is 7.13. The Morgan fingerprint density at radius 3 is 2.50 bits per heavy atom. The zero-order chi connectivity index (χ0) is 23.7. The van der Waals surface area contributed by atoms with E-state index < -0.39 is 0 Å². The number of benzene rings is 3. The number of anilines is 1. The van der Waals surface area contributed by atoms with Gasteiger partial charge in [-0.05, 0) is 59.7 Å². The topological polar surface area (TPSA) is 72.2 Å². The van der Waals surface area contributed by atoms with Gasteiger partial charge in [0.1, 0.15) is 17.2 Å². The van der Waals surface area contributed by atoms with Gasteiger partial charge in [0.15, 0.2) is 10.9 Å². The molecule has 1 N–H and O–H groups in total. The van der Waals surface area contributed by atoms with Crippen LogP contribution in [0.3, 0.4) is 0 Å². The molecule has 0 aliphatic heterocycles. The van der Waals surface area contributed by atoms with Crippen LogP contribution in [0.25, 0.3) is 33.4 Å². The number of rotatable bonds is 6. The molecule has 168 valence electrons. The molecule has 3 aromatic carbocycles. The number of carbonyl (C=O) groups is 2. The molecule has 5 aromatic rings. The van der Waals surface area contributed by atoms with Crippen molar-refractivity contribution < 1.29 is 18.4 Å². The molecule has 5 rings (SSSR count). The maximum atomic E-state index is 13.4. The van der Waals surface area contributed by atoms with Gasteiger partial charge in [0.25, 0.3) is 5.91 Å². The van der Waals surface area contributed by atoms with Crippen LogP contribution in [0.5, 0.6) is 0 Å². The van der Waals surface area contributed by atoms with Gasteiger partial charge >= 0.3 is 0 Å². The van der Waals surface area contributed by atoms with Crippen molar-refractivity contribution >= 4 is 39.1 Å². The van der Waals surface area contributed by atoms with Crippen LogP contribution in [-0.2, 0) is 0 Å². The Hall–Kier alpha value is -4.10. The normalized spacial score (nSPS) is 11.0. The molecule has 0 aliphatic carbocycles. The van der Waals surface area contributed by atoms with Crippen molar-refractivity contribution in [2.75, 3.05) is 5.32 Å². The number of aromatic nitrogens is 1. The fourth-order valence-corrected chi connectivity index (χ4v) is 4.35. The molecule has 2 heterocycles. The quantitative estimate of drug-likeness (QED) is 0.266. The van der Waals surface area contributed by atoms with Crippen LogP contribution in [0.1, 0.15) is 34.1 Å². The molecule has 5 nitrogen and oxygen atoms in total. The van der Waals surface area contributed by atoms with E-state index in [1.54, 1.807) is 42.8 Å². The average molecular weight is 471 g/mol. The lowest BCUT2D eigenvalue weighted by molar-refractivity contribution is 0.0988. The lowest BCUT2D eigenvalue weighted by Gasteiger charge is -2.06. The van der Waals surface area contributed by atoms with Crippen molar-refractivity contribution in [2.45, 2.75) is 13.3 Å². The molecule has 0 saturated heterocycles. The number of carbonyl (C=O) groups excluding carboxylic acids is 2. The highest BCUT2D eigenvalue weighted by atomic mass is 32.1. The second-order valence-electron chi connectivity index (χ2n) is 7.67. The molecule has 0 bridgehead atoms. The van der Waals surface area contributed by atoms with Crippen molar-refractivity contribution in [3.8, 4) is 22.5 Å². The van der Waals surface area contributed by atoms with Crippen LogP contribution in [-0.4, -0.2) is 16.7 Å². The van der Waals surface area contributed by atoms with Gasteiger partial charge < -0.3 is 4.42 Å². The molecule has 7 heteroatoms. The minimum atomic E-state index is -0.357. The summed E-state index contributed by atoms with van der Waals surface area (Å²) >= 11 is 1.35. The van der Waals surface area contributed by atoms with Crippen molar-refractivity contribution in [1.29, 1.82) is 0 Å². The standard InChI is InChI=1S/C27H19FN2O3S/c1-2-22(31)24-21-15-18(8-11-23(21)33-25(24)16-6-9-20(28)10-7-16)17-4-3-5-19(14-17)26(32)30-27-29-12-13-34-27/h3-15H,2H2,1H3,(H,29,30,32). The molecule has 34 heavy (non-hydrogen) atoms. The van der Waals surface area contributed by atoms with Crippen LogP contribution in [0, 0.1) is 5.82 Å². The van der Waals surface area contributed by atoms with E-state index in [1.807, 2.05) is 30.3 Å². The van der Waals surface area contributed by atoms with E-state index in [1.165, 1.54) is 23.5 Å². The van der Waals surface area contributed by atoms with E-state index >= 15 is 0 Å². The van der Waals surface area contributed by atoms with E-state index in [4.69, 9.17) is 4.42 Å². The second-order valence-corrected chi connectivity index (χ2v) is 8.57. The fourth-order valence-electron chi connectivity index (χ4n) is 3.83. The highest BCUT2D eigenvalue weighted by Gasteiger charge is 2.21. The summed E-state index contributed by atoms with van der Waals surface area (Å²) in [5.41, 5.74) is 3.84. The maximum absolute atomic E-state index is 13.4. The number of furan rings is 1. The lowest BCUT2D eigenvalue weighted by Crippen LogP contribution is -2.11. The molecular weight excluding hydrogens is 451 g/mol. The predicted octanol–water partition coefficient (Wildman–Crippen LogP) is 7.21. The van der Waals surface area contributed by atoms with Crippen molar-refractivity contribution in [3.05, 3.63) is 95.3 Å². The number of Topliss-reactive ketones (excluding diaryl/α,β-unsaturated/α-hetero) is 1. The molecule has 0 atom stereocenters. The number of amides is 1. The summed E-state index contributed by atoms with van der Waals surface area (Å²) in [6, 6.07) is 18.7. The first kappa shape index (κ1) is 21.7. The van der Waals surface area contributed by atoms with E-state index in [0.29, 0.717) is 45.0 Å². The summed E-state index contributed by atoms with van der Waals surface area (Å²) in [5.74, 6) is -0.242. The Morgan fingerprint density at radius 1 is 1.00 bits per heavy atom. The monoisotopic (exact) mass is 470 g/mol. The van der Waals surface area contributed by atoms with E-state index in [-0.39, 0.29) is 17.5 Å². The third-order valence-electron chi connectivity index (χ3n) is 5.51. The maximum Gasteiger partial charge on any atom is 0.257 e. The van der Waals surface area contributed by atoms with Crippen LogP contribution in [0.2, 0.25) is 0 Å². The average Bonchev–Trinajstić information content (AvgIpc) is 3.51. The van der Waals surface area contributed by atoms with Gasteiger partial charge in [-0.1, -0.05) is 25.1 Å². The first-order valence-electron chi connectivity index (χ1n) is 10.7. The number of nitrogens with zero attached hydrogens (tertiary/aromatic N) is 1. The summed E-state index contributed by atoms with van der Waals surface area (Å²) < 4.78 is 19.5. The summed E-state index contributed by atoms with van der Waals surface area (Å²) in [4.78, 5) is 29.6. The summed E-state index contributed by atoms with van der Waals surface area (Å²) in [6.45, 7) is 1.80. The number of halogens is 1. The van der Waals surface area contributed by atoms with Gasteiger partial charge in [0, 0.05) is 34.5 Å². The number of thiazole rings is 1. The van der Waals surface area contributed by atoms with Gasteiger partial charge in [0.2, 0.25) is 0 Å². The largest absolute Gasteiger partial charge is 0.455 e. The Balaban J connectivity index is 1.57. The van der Waals surface area contributed by atoms with Gasteiger partial charge in [-0.2, -0.15) is 0 Å². The van der Waals surface area contributed by atoms with Crippen molar-refractivity contribution in [1.82, 2.24) is 4.98 Å². The third-order valence-corrected chi connectivity index (χ3v) is 6.19. The van der Waals surface area contributed by atoms with Gasteiger partial charge in [0.05, 0.1) is 5.56 Å². The van der Waals surface area contributed by atoms with E-state index in [0.717, 1.165) is 11.1 Å². The van der Waals surface area contributed by atoms with E-state index in [2.05, 4.69) is 10.3 Å². The fraction of sp³-hybridized carbons (Fsp3) is 0.0741. The SMILES string of the molecule is CCC(=O)c1c(-c2ccc(F)cc2)oc2ccc(-c3cccc(C(=O)Nc4nccs4)c3)cc12. The van der Waals surface area contributed by atoms with Gasteiger partial charge in [-0.25, -0.2) is 9.37 Å². The second kappa shape index (κ2) is 9.03. The molecular formula is C27H19FN2O3S.